The number of hydrogen-bond donors (Lipinski definition) is 0. The zero-order chi connectivity index (χ0) is 8.27. The van der Waals surface area contributed by atoms with E-state index in [0.29, 0.717) is 0 Å². The predicted octanol–water partition coefficient (Wildman–Crippen LogP) is 1.99. The monoisotopic (exact) mass is 169 g/mol. The van der Waals surface area contributed by atoms with E-state index >= 15 is 0 Å². The number of rotatable bonds is 3. The summed E-state index contributed by atoms with van der Waals surface area (Å²) in [6.07, 6.45) is 6.12. The van der Waals surface area contributed by atoms with Crippen molar-refractivity contribution in [1.82, 2.24) is 9.78 Å². The van der Waals surface area contributed by atoms with E-state index < -0.39 is 0 Å². The second kappa shape index (κ2) is 3.81. The Kier molecular flexibility index (Phi) is 3.00. The Morgan fingerprint density at radius 1 is 1.55 bits per heavy atom. The van der Waals surface area contributed by atoms with Crippen LogP contribution in [0.5, 0.6) is 0 Å². The van der Waals surface area contributed by atoms with Gasteiger partial charge in [-0.3, -0.25) is 4.68 Å². The number of aromatic nitrogens is 2. The van der Waals surface area contributed by atoms with E-state index in [1.54, 1.807) is 11.8 Å². The Hall–Kier alpha value is -0.440. The molecular formula is C8H13N2S. The maximum atomic E-state index is 4.15. The van der Waals surface area contributed by atoms with Crippen LogP contribution in [0.2, 0.25) is 0 Å². The molecule has 0 aliphatic carbocycles. The maximum Gasteiger partial charge on any atom is 0.117 e. The van der Waals surface area contributed by atoms with Crippen LogP contribution < -0.4 is 0 Å². The minimum Gasteiger partial charge on any atom is -0.258 e. The molecule has 1 radical (unpaired) electrons. The summed E-state index contributed by atoms with van der Waals surface area (Å²) in [5, 5.41) is 5.41. The first-order valence-electron chi connectivity index (χ1n) is 3.84. The van der Waals surface area contributed by atoms with Crippen LogP contribution in [0.3, 0.4) is 0 Å². The quantitative estimate of drug-likeness (QED) is 0.644. The van der Waals surface area contributed by atoms with Gasteiger partial charge in [-0.2, -0.15) is 5.10 Å². The highest BCUT2D eigenvalue weighted by atomic mass is 32.2. The molecule has 1 aromatic heterocycles. The van der Waals surface area contributed by atoms with E-state index in [9.17, 15) is 0 Å². The Morgan fingerprint density at radius 2 is 2.27 bits per heavy atom. The molecule has 0 N–H and O–H groups in total. The molecule has 11 heavy (non-hydrogen) atoms. The number of hydrogen-bond acceptors (Lipinski definition) is 2. The minimum absolute atomic E-state index is 0.937. The largest absolute Gasteiger partial charge is 0.258 e. The van der Waals surface area contributed by atoms with Gasteiger partial charge < -0.3 is 0 Å². The lowest BCUT2D eigenvalue weighted by Gasteiger charge is -2.01. The van der Waals surface area contributed by atoms with Crippen molar-refractivity contribution in [2.24, 2.45) is 0 Å². The number of thioether (sulfide) groups is 1. The summed E-state index contributed by atoms with van der Waals surface area (Å²) in [4.78, 5) is 0. The van der Waals surface area contributed by atoms with E-state index in [2.05, 4.69) is 31.4 Å². The standard InChI is InChI=1S/C8H13N2S/c1-4-7-6-9-10(5-2)8(7)11-3/h4-5H2,1-3H3. The first-order valence-corrected chi connectivity index (χ1v) is 5.07. The summed E-state index contributed by atoms with van der Waals surface area (Å²) in [7, 11) is 0. The SMILES string of the molecule is CCc1[c]nn(CC)c1SC. The molecule has 1 rings (SSSR count). The molecule has 0 aromatic carbocycles. The molecule has 0 bridgehead atoms. The van der Waals surface area contributed by atoms with Crippen molar-refractivity contribution in [1.29, 1.82) is 0 Å². The Balaban J connectivity index is 2.99. The fraction of sp³-hybridized carbons (Fsp3) is 0.625. The van der Waals surface area contributed by atoms with Gasteiger partial charge in [-0.25, -0.2) is 0 Å². The van der Waals surface area contributed by atoms with Crippen LogP contribution in [-0.2, 0) is 13.0 Å². The van der Waals surface area contributed by atoms with Gasteiger partial charge in [-0.05, 0) is 19.6 Å². The smallest absolute Gasteiger partial charge is 0.117 e. The zero-order valence-electron chi connectivity index (χ0n) is 7.22. The first kappa shape index (κ1) is 8.65. The van der Waals surface area contributed by atoms with E-state index in [4.69, 9.17) is 0 Å². The summed E-state index contributed by atoms with van der Waals surface area (Å²) >= 11 is 1.75. The summed E-state index contributed by atoms with van der Waals surface area (Å²) in [5.41, 5.74) is 1.24. The molecule has 1 heterocycles. The van der Waals surface area contributed by atoms with E-state index in [-0.39, 0.29) is 0 Å². The van der Waals surface area contributed by atoms with Crippen LogP contribution in [0.1, 0.15) is 19.4 Å². The third-order valence-electron chi connectivity index (χ3n) is 1.64. The fourth-order valence-electron chi connectivity index (χ4n) is 1.04. The Labute approximate surface area is 72.0 Å². The molecule has 3 heteroatoms. The van der Waals surface area contributed by atoms with Crippen molar-refractivity contribution >= 4 is 11.8 Å². The Bertz CT molecular complexity index is 208. The average Bonchev–Trinajstić information content (AvgIpc) is 2.45. The third kappa shape index (κ3) is 1.59. The lowest BCUT2D eigenvalue weighted by molar-refractivity contribution is 0.602. The molecular weight excluding hydrogens is 156 g/mol. The molecule has 0 unspecified atom stereocenters. The third-order valence-corrected chi connectivity index (χ3v) is 2.49. The van der Waals surface area contributed by atoms with Gasteiger partial charge in [0.2, 0.25) is 0 Å². The maximum absolute atomic E-state index is 4.15. The van der Waals surface area contributed by atoms with Gasteiger partial charge in [0.25, 0.3) is 0 Å². The van der Waals surface area contributed by atoms with E-state index in [1.807, 2.05) is 4.68 Å². The topological polar surface area (TPSA) is 17.8 Å². The number of aryl methyl sites for hydroxylation is 2. The molecule has 0 atom stereocenters. The van der Waals surface area contributed by atoms with Crippen LogP contribution >= 0.6 is 11.8 Å². The summed E-state index contributed by atoms with van der Waals surface area (Å²) in [5.74, 6) is 0. The summed E-state index contributed by atoms with van der Waals surface area (Å²) in [6, 6.07) is 0. The molecule has 0 fully saturated rings. The Morgan fingerprint density at radius 3 is 2.73 bits per heavy atom. The lowest BCUT2D eigenvalue weighted by atomic mass is 10.3. The van der Waals surface area contributed by atoms with Gasteiger partial charge in [-0.1, -0.05) is 6.92 Å². The highest BCUT2D eigenvalue weighted by Gasteiger charge is 2.06. The number of nitrogens with zero attached hydrogens (tertiary/aromatic N) is 2. The van der Waals surface area contributed by atoms with E-state index in [1.165, 1.54) is 10.6 Å². The van der Waals surface area contributed by atoms with Gasteiger partial charge in [0.05, 0.1) is 5.03 Å². The lowest BCUT2D eigenvalue weighted by Crippen LogP contribution is -1.97. The fourth-order valence-corrected chi connectivity index (χ4v) is 1.86. The highest BCUT2D eigenvalue weighted by Crippen LogP contribution is 2.19. The molecule has 0 aliphatic heterocycles. The van der Waals surface area contributed by atoms with Crippen molar-refractivity contribution in [2.75, 3.05) is 6.26 Å². The average molecular weight is 169 g/mol. The molecule has 0 saturated heterocycles. The molecule has 2 nitrogen and oxygen atoms in total. The first-order chi connectivity index (χ1) is 5.33. The van der Waals surface area contributed by atoms with Crippen molar-refractivity contribution in [3.8, 4) is 0 Å². The second-order valence-electron chi connectivity index (χ2n) is 2.27. The van der Waals surface area contributed by atoms with Crippen LogP contribution in [0.25, 0.3) is 0 Å². The van der Waals surface area contributed by atoms with Crippen molar-refractivity contribution in [2.45, 2.75) is 31.8 Å². The minimum atomic E-state index is 0.937. The molecule has 0 aliphatic rings. The molecule has 1 aromatic rings. The van der Waals surface area contributed by atoms with Crippen molar-refractivity contribution in [3.63, 3.8) is 0 Å². The molecule has 0 amide bonds. The van der Waals surface area contributed by atoms with Gasteiger partial charge in [-0.15, -0.1) is 11.8 Å². The van der Waals surface area contributed by atoms with Crippen LogP contribution in [0, 0.1) is 6.20 Å². The van der Waals surface area contributed by atoms with Crippen molar-refractivity contribution in [3.05, 3.63) is 11.8 Å². The van der Waals surface area contributed by atoms with Crippen LogP contribution in [0.15, 0.2) is 5.03 Å². The van der Waals surface area contributed by atoms with Crippen molar-refractivity contribution < 1.29 is 0 Å². The van der Waals surface area contributed by atoms with Crippen LogP contribution in [0.4, 0.5) is 0 Å². The van der Waals surface area contributed by atoms with Gasteiger partial charge in [0, 0.05) is 12.1 Å². The summed E-state index contributed by atoms with van der Waals surface area (Å²) < 4.78 is 1.99. The highest BCUT2D eigenvalue weighted by molar-refractivity contribution is 7.98. The molecule has 0 saturated carbocycles. The van der Waals surface area contributed by atoms with Crippen LogP contribution in [-0.4, -0.2) is 16.0 Å². The van der Waals surface area contributed by atoms with Gasteiger partial charge >= 0.3 is 0 Å². The van der Waals surface area contributed by atoms with Gasteiger partial charge in [0.1, 0.15) is 6.20 Å². The van der Waals surface area contributed by atoms with Gasteiger partial charge in [0.15, 0.2) is 0 Å². The summed E-state index contributed by atoms with van der Waals surface area (Å²) in [6.45, 7) is 5.17. The normalized spacial score (nSPS) is 10.5. The van der Waals surface area contributed by atoms with E-state index in [0.717, 1.165) is 13.0 Å². The predicted molar refractivity (Wildman–Crippen MR) is 47.9 cm³/mol. The molecule has 0 spiro atoms. The zero-order valence-corrected chi connectivity index (χ0v) is 8.03. The molecule has 61 valence electrons. The second-order valence-corrected chi connectivity index (χ2v) is 3.06.